The quantitative estimate of drug-likeness (QED) is 0.599. The third-order valence-corrected chi connectivity index (χ3v) is 4.69. The van der Waals surface area contributed by atoms with Gasteiger partial charge in [-0.25, -0.2) is 0 Å². The first kappa shape index (κ1) is 10.5. The lowest BCUT2D eigenvalue weighted by Crippen LogP contribution is -2.35. The summed E-state index contributed by atoms with van der Waals surface area (Å²) in [7, 11) is 7.41. The summed E-state index contributed by atoms with van der Waals surface area (Å²) in [5.41, 5.74) is 0.836. The number of hydrogen-bond donors (Lipinski definition) is 0. The van der Waals surface area contributed by atoms with E-state index in [4.69, 9.17) is 0 Å². The first-order valence-electron chi connectivity index (χ1n) is 4.96. The number of hydrogen-bond acceptors (Lipinski definition) is 1. The zero-order valence-electron chi connectivity index (χ0n) is 8.75. The van der Waals surface area contributed by atoms with Crippen LogP contribution in [0.5, 0.6) is 0 Å². The first-order chi connectivity index (χ1) is 5.54. The van der Waals surface area contributed by atoms with Crippen molar-refractivity contribution in [1.29, 1.82) is 0 Å². The molecule has 0 heterocycles. The summed E-state index contributed by atoms with van der Waals surface area (Å²) >= 11 is 0. The maximum absolute atomic E-state index is 3.04. The predicted molar refractivity (Wildman–Crippen MR) is 58.5 cm³/mol. The Bertz CT molecular complexity index is 147. The highest BCUT2D eigenvalue weighted by molar-refractivity contribution is 7.17. The lowest BCUT2D eigenvalue weighted by molar-refractivity contribution is 0.230. The molecule has 5 atom stereocenters. The van der Waals surface area contributed by atoms with Gasteiger partial charge in [-0.05, 0) is 51.4 Å². The van der Waals surface area contributed by atoms with Gasteiger partial charge in [0.25, 0.3) is 0 Å². The summed E-state index contributed by atoms with van der Waals surface area (Å²) in [6.45, 7) is 4.72. The van der Waals surface area contributed by atoms with Gasteiger partial charge in [0.2, 0.25) is 0 Å². The van der Waals surface area contributed by atoms with Crippen LogP contribution in [0.2, 0.25) is 0 Å². The summed E-state index contributed by atoms with van der Waals surface area (Å²) in [5, 5.41) is 0. The van der Waals surface area contributed by atoms with Gasteiger partial charge in [-0.3, -0.25) is 0 Å². The Morgan fingerprint density at radius 1 is 1.33 bits per heavy atom. The van der Waals surface area contributed by atoms with Crippen molar-refractivity contribution in [3.8, 4) is 0 Å². The smallest absolute Gasteiger partial charge is 0.00950 e. The first-order valence-corrected chi connectivity index (χ1v) is 5.62. The Labute approximate surface area is 79.1 Å². The second-order valence-electron chi connectivity index (χ2n) is 4.50. The monoisotopic (exact) mass is 187 g/mol. The third-order valence-electron chi connectivity index (χ3n) is 3.54. The van der Waals surface area contributed by atoms with Crippen molar-refractivity contribution >= 4 is 9.24 Å². The molecule has 72 valence electrons. The molecule has 0 spiro atoms. The van der Waals surface area contributed by atoms with E-state index in [-0.39, 0.29) is 0 Å². The van der Waals surface area contributed by atoms with Crippen LogP contribution < -0.4 is 0 Å². The van der Waals surface area contributed by atoms with Gasteiger partial charge >= 0.3 is 0 Å². The molecule has 0 aromatic carbocycles. The van der Waals surface area contributed by atoms with E-state index in [1.807, 2.05) is 0 Å². The fraction of sp³-hybridized carbons (Fsp3) is 1.00. The zero-order chi connectivity index (χ0) is 9.30. The van der Waals surface area contributed by atoms with Gasteiger partial charge < -0.3 is 4.90 Å². The molecule has 0 saturated heterocycles. The average Bonchev–Trinajstić information content (AvgIpc) is 2.32. The van der Waals surface area contributed by atoms with Crippen molar-refractivity contribution in [3.63, 3.8) is 0 Å². The van der Waals surface area contributed by atoms with Gasteiger partial charge in [0.1, 0.15) is 0 Å². The van der Waals surface area contributed by atoms with Crippen LogP contribution in [0.15, 0.2) is 0 Å². The Balaban J connectivity index is 2.53. The minimum atomic E-state index is 0.734. The third kappa shape index (κ3) is 2.00. The lowest BCUT2D eigenvalue weighted by atomic mass is 9.97. The highest BCUT2D eigenvalue weighted by Crippen LogP contribution is 2.39. The molecule has 1 aliphatic rings. The molecule has 0 bridgehead atoms. The van der Waals surface area contributed by atoms with E-state index in [0.29, 0.717) is 0 Å². The largest absolute Gasteiger partial charge is 0.306 e. The maximum Gasteiger partial charge on any atom is 0.00950 e. The minimum Gasteiger partial charge on any atom is -0.306 e. The van der Waals surface area contributed by atoms with Crippen molar-refractivity contribution < 1.29 is 0 Å². The summed E-state index contributed by atoms with van der Waals surface area (Å²) < 4.78 is 0. The molecule has 12 heavy (non-hydrogen) atoms. The molecule has 1 nitrogen and oxygen atoms in total. The second-order valence-corrected chi connectivity index (χ2v) is 5.27. The van der Waals surface area contributed by atoms with Crippen LogP contribution in [0.25, 0.3) is 0 Å². The molecule has 1 rings (SSSR count). The summed E-state index contributed by atoms with van der Waals surface area (Å²) in [6, 6.07) is 0.734. The van der Waals surface area contributed by atoms with Gasteiger partial charge in [0, 0.05) is 6.04 Å². The summed E-state index contributed by atoms with van der Waals surface area (Å²) in [5.74, 6) is 1.79. The Hall–Kier alpha value is 0.390. The van der Waals surface area contributed by atoms with Crippen LogP contribution in [0.1, 0.15) is 26.7 Å². The maximum atomic E-state index is 3.04. The normalized spacial score (nSPS) is 39.0. The van der Waals surface area contributed by atoms with E-state index < -0.39 is 0 Å². The summed E-state index contributed by atoms with van der Waals surface area (Å²) in [6.07, 6.45) is 2.83. The lowest BCUT2D eigenvalue weighted by Gasteiger charge is -2.29. The van der Waals surface area contributed by atoms with E-state index in [1.165, 1.54) is 12.8 Å². The van der Waals surface area contributed by atoms with Crippen LogP contribution >= 0.6 is 9.24 Å². The standard InChI is InChI=1S/C10H22NP/c1-7-5-6-9(10(7)12)8(2)11(3)4/h7-10H,5-6,12H2,1-4H3/t7?,8-,9?,10?/m1/s1. The average molecular weight is 187 g/mol. The molecular weight excluding hydrogens is 165 g/mol. The molecule has 0 aromatic heterocycles. The number of rotatable bonds is 2. The van der Waals surface area contributed by atoms with Gasteiger partial charge in [-0.1, -0.05) is 6.92 Å². The van der Waals surface area contributed by atoms with Gasteiger partial charge in [-0.15, -0.1) is 9.24 Å². The fourth-order valence-electron chi connectivity index (χ4n) is 2.21. The molecule has 2 heteroatoms. The zero-order valence-corrected chi connectivity index (χ0v) is 9.90. The molecule has 0 aromatic rings. The van der Waals surface area contributed by atoms with Gasteiger partial charge in [0.05, 0.1) is 0 Å². The van der Waals surface area contributed by atoms with E-state index in [1.54, 1.807) is 0 Å². The van der Waals surface area contributed by atoms with Crippen molar-refractivity contribution in [2.75, 3.05) is 14.1 Å². The molecule has 0 N–H and O–H groups in total. The van der Waals surface area contributed by atoms with Crippen LogP contribution in [-0.4, -0.2) is 30.7 Å². The van der Waals surface area contributed by atoms with E-state index in [2.05, 4.69) is 42.1 Å². The Kier molecular flexibility index (Phi) is 3.55. The van der Waals surface area contributed by atoms with Crippen molar-refractivity contribution in [2.45, 2.75) is 38.4 Å². The highest BCUT2D eigenvalue weighted by atomic mass is 31.0. The van der Waals surface area contributed by atoms with Crippen molar-refractivity contribution in [1.82, 2.24) is 4.90 Å². The highest BCUT2D eigenvalue weighted by Gasteiger charge is 2.34. The van der Waals surface area contributed by atoms with E-state index >= 15 is 0 Å². The molecule has 1 saturated carbocycles. The van der Waals surface area contributed by atoms with Crippen LogP contribution in [0.3, 0.4) is 0 Å². The van der Waals surface area contributed by atoms with Crippen LogP contribution in [0, 0.1) is 11.8 Å². The SMILES string of the molecule is CC1CCC([C@@H](C)N(C)C)C1P. The molecular formula is C10H22NP. The van der Waals surface area contributed by atoms with E-state index in [9.17, 15) is 0 Å². The second kappa shape index (κ2) is 4.07. The van der Waals surface area contributed by atoms with Gasteiger partial charge in [-0.2, -0.15) is 0 Å². The molecule has 0 amide bonds. The molecule has 1 aliphatic carbocycles. The molecule has 1 fully saturated rings. The van der Waals surface area contributed by atoms with E-state index in [0.717, 1.165) is 23.5 Å². The minimum absolute atomic E-state index is 0.734. The fourth-order valence-corrected chi connectivity index (χ4v) is 2.91. The van der Waals surface area contributed by atoms with Gasteiger partial charge in [0.15, 0.2) is 0 Å². The Morgan fingerprint density at radius 3 is 2.25 bits per heavy atom. The topological polar surface area (TPSA) is 3.24 Å². The Morgan fingerprint density at radius 2 is 1.92 bits per heavy atom. The number of nitrogens with zero attached hydrogens (tertiary/aromatic N) is 1. The summed E-state index contributed by atoms with van der Waals surface area (Å²) in [4.78, 5) is 2.35. The van der Waals surface area contributed by atoms with Crippen LogP contribution in [-0.2, 0) is 0 Å². The molecule has 4 unspecified atom stereocenters. The van der Waals surface area contributed by atoms with Crippen molar-refractivity contribution in [2.24, 2.45) is 11.8 Å². The molecule has 0 aliphatic heterocycles. The predicted octanol–water partition coefficient (Wildman–Crippen LogP) is 2.23. The molecule has 0 radical (unpaired) electrons. The van der Waals surface area contributed by atoms with Crippen LogP contribution in [0.4, 0.5) is 0 Å². The van der Waals surface area contributed by atoms with Crippen molar-refractivity contribution in [3.05, 3.63) is 0 Å².